The van der Waals surface area contributed by atoms with E-state index in [1.54, 1.807) is 0 Å². The molecule has 0 saturated heterocycles. The summed E-state index contributed by atoms with van der Waals surface area (Å²) in [5, 5.41) is 4.68. The Balaban J connectivity index is 1.96. The van der Waals surface area contributed by atoms with Crippen molar-refractivity contribution in [1.29, 1.82) is 0 Å². The first-order valence-corrected chi connectivity index (χ1v) is 8.60. The first-order chi connectivity index (χ1) is 9.70. The molecule has 112 valence electrons. The van der Waals surface area contributed by atoms with Crippen LogP contribution >= 0.6 is 11.6 Å². The van der Waals surface area contributed by atoms with Crippen LogP contribution in [0.1, 0.15) is 70.4 Å². The van der Waals surface area contributed by atoms with Gasteiger partial charge in [0.2, 0.25) is 0 Å². The minimum Gasteiger partial charge on any atom is -0.307 e. The maximum absolute atomic E-state index is 5.98. The molecule has 0 amide bonds. The number of halogens is 1. The fourth-order valence-corrected chi connectivity index (χ4v) is 3.54. The van der Waals surface area contributed by atoms with Crippen LogP contribution < -0.4 is 5.32 Å². The molecule has 1 aliphatic carbocycles. The Kier molecular flexibility index (Phi) is 6.38. The Hall–Kier alpha value is -0.530. The maximum Gasteiger partial charge on any atom is 0.0406 e. The monoisotopic (exact) mass is 293 g/mol. The van der Waals surface area contributed by atoms with Gasteiger partial charge in [-0.15, -0.1) is 0 Å². The quantitative estimate of drug-likeness (QED) is 0.683. The summed E-state index contributed by atoms with van der Waals surface area (Å²) in [7, 11) is 0. The summed E-state index contributed by atoms with van der Waals surface area (Å²) >= 11 is 5.98. The Morgan fingerprint density at radius 3 is 2.25 bits per heavy atom. The van der Waals surface area contributed by atoms with Gasteiger partial charge < -0.3 is 5.32 Å². The zero-order valence-corrected chi connectivity index (χ0v) is 13.6. The van der Waals surface area contributed by atoms with Crippen LogP contribution in [-0.4, -0.2) is 6.04 Å². The number of hydrogen-bond donors (Lipinski definition) is 1. The fourth-order valence-electron chi connectivity index (χ4n) is 3.41. The molecule has 1 unspecified atom stereocenters. The van der Waals surface area contributed by atoms with Gasteiger partial charge in [-0.1, -0.05) is 56.3 Å². The van der Waals surface area contributed by atoms with Crippen LogP contribution in [0.4, 0.5) is 0 Å². The maximum atomic E-state index is 5.98. The second kappa shape index (κ2) is 8.05. The lowest BCUT2D eigenvalue weighted by Crippen LogP contribution is -2.36. The third-order valence-electron chi connectivity index (χ3n) is 4.75. The standard InChI is InChI=1S/C18H28ClN/c1-3-18(16-10-12-17(19)13-11-16)20-14(2)15-8-6-4-5-7-9-15/h10-15,18,20H,3-9H2,1-2H3/t14-,18?/m0/s1. The molecule has 0 bridgehead atoms. The number of hydrogen-bond acceptors (Lipinski definition) is 1. The Labute approximate surface area is 129 Å². The van der Waals surface area contributed by atoms with E-state index in [-0.39, 0.29) is 0 Å². The average Bonchev–Trinajstić information content (AvgIpc) is 2.75. The third kappa shape index (κ3) is 4.49. The van der Waals surface area contributed by atoms with E-state index < -0.39 is 0 Å². The van der Waals surface area contributed by atoms with Crippen molar-refractivity contribution in [2.24, 2.45) is 5.92 Å². The van der Waals surface area contributed by atoms with Gasteiger partial charge in [0, 0.05) is 17.1 Å². The van der Waals surface area contributed by atoms with E-state index in [0.29, 0.717) is 12.1 Å². The summed E-state index contributed by atoms with van der Waals surface area (Å²) in [6.45, 7) is 4.63. The molecule has 1 N–H and O–H groups in total. The van der Waals surface area contributed by atoms with E-state index in [2.05, 4.69) is 31.3 Å². The van der Waals surface area contributed by atoms with E-state index in [4.69, 9.17) is 11.6 Å². The zero-order chi connectivity index (χ0) is 14.4. The molecule has 1 saturated carbocycles. The van der Waals surface area contributed by atoms with Crippen molar-refractivity contribution in [1.82, 2.24) is 5.32 Å². The molecule has 1 fully saturated rings. The van der Waals surface area contributed by atoms with E-state index in [1.165, 1.54) is 44.1 Å². The van der Waals surface area contributed by atoms with Crippen molar-refractivity contribution in [3.05, 3.63) is 34.9 Å². The molecular formula is C18H28ClN. The normalized spacial score (nSPS) is 20.4. The summed E-state index contributed by atoms with van der Waals surface area (Å²) < 4.78 is 0. The molecule has 1 aliphatic rings. The van der Waals surface area contributed by atoms with Gasteiger partial charge in [0.1, 0.15) is 0 Å². The molecule has 1 aromatic rings. The molecule has 0 aliphatic heterocycles. The second-order valence-electron chi connectivity index (χ2n) is 6.22. The molecule has 2 rings (SSSR count). The highest BCUT2D eigenvalue weighted by atomic mass is 35.5. The van der Waals surface area contributed by atoms with Crippen molar-refractivity contribution in [3.8, 4) is 0 Å². The molecule has 2 atom stereocenters. The topological polar surface area (TPSA) is 12.0 Å². The van der Waals surface area contributed by atoms with Crippen LogP contribution in [0.25, 0.3) is 0 Å². The van der Waals surface area contributed by atoms with E-state index in [0.717, 1.165) is 17.4 Å². The predicted octanol–water partition coefficient (Wildman–Crippen LogP) is 5.74. The minimum atomic E-state index is 0.450. The van der Waals surface area contributed by atoms with Crippen LogP contribution in [0.5, 0.6) is 0 Å². The molecule has 1 nitrogen and oxygen atoms in total. The van der Waals surface area contributed by atoms with Crippen molar-refractivity contribution in [3.63, 3.8) is 0 Å². The van der Waals surface area contributed by atoms with Gasteiger partial charge in [0.05, 0.1) is 0 Å². The molecule has 2 heteroatoms. The molecule has 0 heterocycles. The molecule has 0 spiro atoms. The lowest BCUT2D eigenvalue weighted by atomic mass is 9.91. The summed E-state index contributed by atoms with van der Waals surface area (Å²) in [6.07, 6.45) is 9.59. The zero-order valence-electron chi connectivity index (χ0n) is 12.9. The SMILES string of the molecule is CCC(N[C@@H](C)C1CCCCCC1)c1ccc(Cl)cc1. The van der Waals surface area contributed by atoms with E-state index in [9.17, 15) is 0 Å². The van der Waals surface area contributed by atoms with Crippen LogP contribution in [0.15, 0.2) is 24.3 Å². The largest absolute Gasteiger partial charge is 0.307 e. The Morgan fingerprint density at radius 2 is 1.70 bits per heavy atom. The van der Waals surface area contributed by atoms with Crippen molar-refractivity contribution in [2.75, 3.05) is 0 Å². The van der Waals surface area contributed by atoms with Gasteiger partial charge in [-0.05, 0) is 49.8 Å². The van der Waals surface area contributed by atoms with Crippen LogP contribution in [0.2, 0.25) is 5.02 Å². The predicted molar refractivity (Wildman–Crippen MR) is 88.3 cm³/mol. The lowest BCUT2D eigenvalue weighted by molar-refractivity contribution is 0.306. The highest BCUT2D eigenvalue weighted by Crippen LogP contribution is 2.28. The summed E-state index contributed by atoms with van der Waals surface area (Å²) in [5.74, 6) is 0.846. The fraction of sp³-hybridized carbons (Fsp3) is 0.667. The first-order valence-electron chi connectivity index (χ1n) is 8.22. The van der Waals surface area contributed by atoms with Gasteiger partial charge in [-0.25, -0.2) is 0 Å². The van der Waals surface area contributed by atoms with E-state index in [1.807, 2.05) is 12.1 Å². The molecule has 1 aromatic carbocycles. The van der Waals surface area contributed by atoms with Gasteiger partial charge in [-0.2, -0.15) is 0 Å². The second-order valence-corrected chi connectivity index (χ2v) is 6.66. The summed E-state index contributed by atoms with van der Waals surface area (Å²) in [5.41, 5.74) is 1.36. The third-order valence-corrected chi connectivity index (χ3v) is 5.00. The van der Waals surface area contributed by atoms with Crippen LogP contribution in [0.3, 0.4) is 0 Å². The number of benzene rings is 1. The highest BCUT2D eigenvalue weighted by molar-refractivity contribution is 6.30. The van der Waals surface area contributed by atoms with Crippen molar-refractivity contribution in [2.45, 2.75) is 70.9 Å². The molecule has 0 aromatic heterocycles. The summed E-state index contributed by atoms with van der Waals surface area (Å²) in [6, 6.07) is 9.36. The van der Waals surface area contributed by atoms with Gasteiger partial charge in [0.25, 0.3) is 0 Å². The lowest BCUT2D eigenvalue weighted by Gasteiger charge is -2.28. The Bertz CT molecular complexity index is 379. The average molecular weight is 294 g/mol. The van der Waals surface area contributed by atoms with Gasteiger partial charge in [0.15, 0.2) is 0 Å². The number of rotatable bonds is 5. The van der Waals surface area contributed by atoms with Crippen molar-refractivity contribution < 1.29 is 0 Å². The molecule has 20 heavy (non-hydrogen) atoms. The van der Waals surface area contributed by atoms with Crippen LogP contribution in [-0.2, 0) is 0 Å². The van der Waals surface area contributed by atoms with Gasteiger partial charge >= 0.3 is 0 Å². The molecule has 0 radical (unpaired) electrons. The van der Waals surface area contributed by atoms with Crippen LogP contribution in [0, 0.1) is 5.92 Å². The highest BCUT2D eigenvalue weighted by Gasteiger charge is 2.21. The van der Waals surface area contributed by atoms with E-state index >= 15 is 0 Å². The number of nitrogens with one attached hydrogen (secondary N) is 1. The molecular weight excluding hydrogens is 266 g/mol. The minimum absolute atomic E-state index is 0.450. The smallest absolute Gasteiger partial charge is 0.0406 e. The Morgan fingerprint density at radius 1 is 1.10 bits per heavy atom. The van der Waals surface area contributed by atoms with Crippen molar-refractivity contribution >= 4 is 11.6 Å². The van der Waals surface area contributed by atoms with Gasteiger partial charge in [-0.3, -0.25) is 0 Å². The first kappa shape index (κ1) is 15.9. The summed E-state index contributed by atoms with van der Waals surface area (Å²) in [4.78, 5) is 0.